The second-order valence-electron chi connectivity index (χ2n) is 5.43. The molecule has 3 heterocycles. The Kier molecular flexibility index (Phi) is 5.15. The van der Waals surface area contributed by atoms with E-state index in [2.05, 4.69) is 15.1 Å². The zero-order chi connectivity index (χ0) is 17.8. The maximum Gasteiger partial charge on any atom is 0.352 e. The molecule has 3 aromatic rings. The van der Waals surface area contributed by atoms with Gasteiger partial charge in [-0.1, -0.05) is 17.4 Å². The van der Waals surface area contributed by atoms with Crippen molar-refractivity contribution in [3.05, 3.63) is 57.5 Å². The van der Waals surface area contributed by atoms with E-state index >= 15 is 0 Å². The van der Waals surface area contributed by atoms with Gasteiger partial charge in [-0.2, -0.15) is 5.10 Å². The molecule has 8 nitrogen and oxygen atoms in total. The van der Waals surface area contributed by atoms with E-state index in [1.807, 2.05) is 12.1 Å². The lowest BCUT2D eigenvalue weighted by atomic mass is 10.1. The third-order valence-corrected chi connectivity index (χ3v) is 4.85. The van der Waals surface area contributed by atoms with Gasteiger partial charge in [0.05, 0.1) is 23.7 Å². The molecule has 0 aromatic carbocycles. The number of Topliss-reactive ketones (excluding diaryl/α,β-unsaturated/α-hetero) is 1. The van der Waals surface area contributed by atoms with Crippen LogP contribution in [0.1, 0.15) is 27.3 Å². The van der Waals surface area contributed by atoms with Gasteiger partial charge in [-0.05, 0) is 25.0 Å². The Morgan fingerprint density at radius 1 is 1.40 bits per heavy atom. The summed E-state index contributed by atoms with van der Waals surface area (Å²) in [6.45, 7) is 1.69. The first-order valence-corrected chi connectivity index (χ1v) is 8.57. The first-order valence-electron chi connectivity index (χ1n) is 7.75. The monoisotopic (exact) mass is 359 g/mol. The van der Waals surface area contributed by atoms with E-state index < -0.39 is 5.69 Å². The number of carbonyl (C=O) groups excluding carboxylic acids is 1. The summed E-state index contributed by atoms with van der Waals surface area (Å²) < 4.78 is 2.44. The zero-order valence-corrected chi connectivity index (χ0v) is 14.4. The van der Waals surface area contributed by atoms with Crippen molar-refractivity contribution in [2.75, 3.05) is 6.61 Å². The molecule has 0 bridgehead atoms. The minimum atomic E-state index is -0.392. The van der Waals surface area contributed by atoms with Crippen LogP contribution in [-0.2, 0) is 13.0 Å². The smallest absolute Gasteiger partial charge is 0.352 e. The minimum Gasteiger partial charge on any atom is -0.394 e. The number of hydrogen-bond acceptors (Lipinski definition) is 7. The predicted molar refractivity (Wildman–Crippen MR) is 92.2 cm³/mol. The molecule has 25 heavy (non-hydrogen) atoms. The number of aromatic nitrogens is 5. The average Bonchev–Trinajstić information content (AvgIpc) is 3.17. The highest BCUT2D eigenvalue weighted by molar-refractivity contribution is 7.16. The molecule has 0 fully saturated rings. The maximum absolute atomic E-state index is 12.5. The largest absolute Gasteiger partial charge is 0.394 e. The number of rotatable bonds is 7. The van der Waals surface area contributed by atoms with Gasteiger partial charge in [-0.25, -0.2) is 19.0 Å². The van der Waals surface area contributed by atoms with Crippen molar-refractivity contribution in [2.45, 2.75) is 26.3 Å². The van der Waals surface area contributed by atoms with Crippen LogP contribution in [0.2, 0.25) is 0 Å². The van der Waals surface area contributed by atoms with E-state index in [0.717, 1.165) is 10.2 Å². The van der Waals surface area contributed by atoms with Gasteiger partial charge in [-0.3, -0.25) is 9.78 Å². The number of hydrogen-bond donors (Lipinski definition) is 1. The molecular formula is C16H17N5O3S. The van der Waals surface area contributed by atoms with Gasteiger partial charge in [0.25, 0.3) is 0 Å². The molecule has 0 saturated carbocycles. The lowest BCUT2D eigenvalue weighted by molar-refractivity contribution is 0.0986. The van der Waals surface area contributed by atoms with Crippen LogP contribution in [0.15, 0.2) is 35.6 Å². The third-order valence-electron chi connectivity index (χ3n) is 3.65. The molecule has 0 unspecified atom stereocenters. The minimum absolute atomic E-state index is 0.0131. The maximum atomic E-state index is 12.5. The molecule has 0 amide bonds. The predicted octanol–water partition coefficient (Wildman–Crippen LogP) is 1.00. The lowest BCUT2D eigenvalue weighted by Gasteiger charge is -1.99. The molecule has 0 aliphatic carbocycles. The highest BCUT2D eigenvalue weighted by atomic mass is 32.1. The van der Waals surface area contributed by atoms with Crippen molar-refractivity contribution in [2.24, 2.45) is 0 Å². The molecule has 9 heteroatoms. The first kappa shape index (κ1) is 17.2. The van der Waals surface area contributed by atoms with Gasteiger partial charge in [0, 0.05) is 18.8 Å². The number of thiazole rings is 1. The van der Waals surface area contributed by atoms with E-state index in [-0.39, 0.29) is 18.9 Å². The fraction of sp³-hybridized carbons (Fsp3) is 0.312. The molecule has 130 valence electrons. The summed E-state index contributed by atoms with van der Waals surface area (Å²) in [5.41, 5.74) is 1.20. The molecule has 0 aliphatic heterocycles. The Morgan fingerprint density at radius 3 is 2.96 bits per heavy atom. The molecule has 1 N–H and O–H groups in total. The Hall–Kier alpha value is -2.65. The molecule has 0 atom stereocenters. The van der Waals surface area contributed by atoms with Crippen LogP contribution in [-0.4, -0.2) is 41.8 Å². The summed E-state index contributed by atoms with van der Waals surface area (Å²) in [5, 5.41) is 13.2. The summed E-state index contributed by atoms with van der Waals surface area (Å²) in [6, 6.07) is 3.77. The van der Waals surface area contributed by atoms with Crippen molar-refractivity contribution >= 4 is 17.1 Å². The number of pyridine rings is 1. The Labute approximate surface area is 147 Å². The number of nitrogens with zero attached hydrogens (tertiary/aromatic N) is 5. The van der Waals surface area contributed by atoms with Crippen LogP contribution in [0.5, 0.6) is 0 Å². The molecular weight excluding hydrogens is 342 g/mol. The molecule has 0 aliphatic rings. The number of carbonyl (C=O) groups is 1. The molecule has 3 aromatic heterocycles. The first-order chi connectivity index (χ1) is 12.1. The van der Waals surface area contributed by atoms with Gasteiger partial charge in [-0.15, -0.1) is 0 Å². The standard InChI is InChI=1S/C16H17N5O3S/c1-11-14(13(23)5-4-12-3-2-6-17-9-12)25-15(19-11)20-10-18-21(7-8-22)16(20)24/h2-3,6,9-10,22H,4-5,7-8H2,1H3. The van der Waals surface area contributed by atoms with Crippen molar-refractivity contribution in [1.82, 2.24) is 24.3 Å². The number of ketones is 1. The Morgan fingerprint density at radius 2 is 2.24 bits per heavy atom. The fourth-order valence-corrected chi connectivity index (χ4v) is 3.38. The molecule has 0 saturated heterocycles. The molecule has 0 radical (unpaired) electrons. The van der Waals surface area contributed by atoms with Gasteiger partial charge in [0.2, 0.25) is 0 Å². The van der Waals surface area contributed by atoms with E-state index in [9.17, 15) is 9.59 Å². The average molecular weight is 359 g/mol. The van der Waals surface area contributed by atoms with E-state index in [1.54, 1.807) is 19.3 Å². The third kappa shape index (κ3) is 3.72. The summed E-state index contributed by atoms with van der Waals surface area (Å²) in [7, 11) is 0. The summed E-state index contributed by atoms with van der Waals surface area (Å²) in [4.78, 5) is 33.6. The van der Waals surface area contributed by atoms with Gasteiger partial charge in [0.15, 0.2) is 10.9 Å². The van der Waals surface area contributed by atoms with Crippen molar-refractivity contribution in [3.8, 4) is 5.13 Å². The second-order valence-corrected chi connectivity index (χ2v) is 6.40. The number of aryl methyl sites for hydroxylation is 2. The Balaban J connectivity index is 1.78. The van der Waals surface area contributed by atoms with Crippen LogP contribution < -0.4 is 5.69 Å². The quantitative estimate of drug-likeness (QED) is 0.631. The lowest BCUT2D eigenvalue weighted by Crippen LogP contribution is -2.25. The van der Waals surface area contributed by atoms with Crippen LogP contribution >= 0.6 is 11.3 Å². The highest BCUT2D eigenvalue weighted by Gasteiger charge is 2.18. The van der Waals surface area contributed by atoms with Crippen LogP contribution in [0.4, 0.5) is 0 Å². The normalized spacial score (nSPS) is 11.0. The van der Waals surface area contributed by atoms with Crippen molar-refractivity contribution < 1.29 is 9.90 Å². The fourth-order valence-electron chi connectivity index (χ4n) is 2.38. The van der Waals surface area contributed by atoms with Crippen molar-refractivity contribution in [3.63, 3.8) is 0 Å². The van der Waals surface area contributed by atoms with Crippen LogP contribution in [0.3, 0.4) is 0 Å². The second kappa shape index (κ2) is 7.49. The van der Waals surface area contributed by atoms with E-state index in [4.69, 9.17) is 5.11 Å². The molecule has 3 rings (SSSR count). The highest BCUT2D eigenvalue weighted by Crippen LogP contribution is 2.22. The van der Waals surface area contributed by atoms with E-state index in [1.165, 1.54) is 22.2 Å². The van der Waals surface area contributed by atoms with Crippen LogP contribution in [0, 0.1) is 6.92 Å². The summed E-state index contributed by atoms with van der Waals surface area (Å²) >= 11 is 1.17. The summed E-state index contributed by atoms with van der Waals surface area (Å²) in [5.74, 6) is -0.0131. The molecule has 0 spiro atoms. The van der Waals surface area contributed by atoms with Gasteiger partial charge < -0.3 is 5.11 Å². The Bertz CT molecular complexity index is 929. The zero-order valence-electron chi connectivity index (χ0n) is 13.6. The van der Waals surface area contributed by atoms with Crippen LogP contribution in [0.25, 0.3) is 5.13 Å². The topological polar surface area (TPSA) is 103 Å². The SMILES string of the molecule is Cc1nc(-n2cnn(CCO)c2=O)sc1C(=O)CCc1cccnc1. The number of aliphatic hydroxyl groups is 1. The number of aliphatic hydroxyl groups excluding tert-OH is 1. The van der Waals surface area contributed by atoms with Crippen molar-refractivity contribution in [1.29, 1.82) is 0 Å². The van der Waals surface area contributed by atoms with Gasteiger partial charge in [0.1, 0.15) is 6.33 Å². The summed E-state index contributed by atoms with van der Waals surface area (Å²) in [6.07, 6.45) is 5.74. The van der Waals surface area contributed by atoms with Gasteiger partial charge >= 0.3 is 5.69 Å². The van der Waals surface area contributed by atoms with E-state index in [0.29, 0.717) is 28.5 Å².